The van der Waals surface area contributed by atoms with E-state index in [9.17, 15) is 0 Å². The summed E-state index contributed by atoms with van der Waals surface area (Å²) in [6, 6.07) is 0.515. The highest BCUT2D eigenvalue weighted by Gasteiger charge is 2.08. The van der Waals surface area contributed by atoms with E-state index >= 15 is 0 Å². The van der Waals surface area contributed by atoms with E-state index in [4.69, 9.17) is 0 Å². The topological polar surface area (TPSA) is 12.0 Å². The molecule has 1 heteroatoms. The minimum Gasteiger partial charge on any atom is -0.310 e. The monoisotopic (exact) mass is 239 g/mol. The van der Waals surface area contributed by atoms with Crippen molar-refractivity contribution in [2.75, 3.05) is 6.54 Å². The van der Waals surface area contributed by atoms with E-state index in [-0.39, 0.29) is 0 Å². The second-order valence-corrected chi connectivity index (χ2v) is 5.59. The van der Waals surface area contributed by atoms with Gasteiger partial charge in [-0.1, -0.05) is 59.5 Å². The third-order valence-corrected chi connectivity index (χ3v) is 3.73. The minimum atomic E-state index is 0.515. The summed E-state index contributed by atoms with van der Waals surface area (Å²) >= 11 is 0. The van der Waals surface area contributed by atoms with E-state index in [0.29, 0.717) is 6.04 Å². The van der Waals surface area contributed by atoms with Gasteiger partial charge in [0.25, 0.3) is 0 Å². The Labute approximate surface area is 109 Å². The summed E-state index contributed by atoms with van der Waals surface area (Å²) in [5.74, 6) is 1.67. The normalized spacial score (nSPS) is 16.5. The molecule has 0 bridgehead atoms. The summed E-state index contributed by atoms with van der Waals surface area (Å²) in [6.45, 7) is 14.3. The molecule has 0 aliphatic heterocycles. The smallest absolute Gasteiger partial charge is 0.0247 e. The highest BCUT2D eigenvalue weighted by molar-refractivity contribution is 4.85. The summed E-state index contributed by atoms with van der Waals surface area (Å²) in [7, 11) is 0. The average molecular weight is 239 g/mol. The molecule has 0 amide bonds. The molecule has 2 unspecified atom stereocenters. The summed E-state index contributed by atoms with van der Waals surface area (Å²) in [4.78, 5) is 0. The van der Waals surface area contributed by atoms with Gasteiger partial charge in [-0.05, 0) is 31.2 Å². The Morgan fingerprint density at radius 2 is 1.71 bits per heavy atom. The van der Waals surface area contributed by atoms with E-state index in [1.165, 1.54) is 38.5 Å². The van der Waals surface area contributed by atoms with Gasteiger partial charge in [-0.25, -0.2) is 0 Å². The molecular weight excluding hydrogens is 206 g/mol. The molecule has 0 saturated heterocycles. The third kappa shape index (κ3) is 9.41. The van der Waals surface area contributed by atoms with Crippen LogP contribution in [-0.4, -0.2) is 12.6 Å². The highest BCUT2D eigenvalue weighted by atomic mass is 14.9. The molecule has 0 fully saturated rings. The van der Waals surface area contributed by atoms with Crippen molar-refractivity contribution in [3.63, 3.8) is 0 Å². The van der Waals surface area contributed by atoms with Crippen molar-refractivity contribution in [1.82, 2.24) is 5.32 Å². The highest BCUT2D eigenvalue weighted by Crippen LogP contribution is 2.14. The van der Waals surface area contributed by atoms with Gasteiger partial charge in [0.1, 0.15) is 0 Å². The van der Waals surface area contributed by atoms with Crippen LogP contribution in [0.3, 0.4) is 0 Å². The predicted molar refractivity (Wildman–Crippen MR) is 79.4 cm³/mol. The van der Waals surface area contributed by atoms with E-state index < -0.39 is 0 Å². The van der Waals surface area contributed by atoms with Crippen LogP contribution in [0.4, 0.5) is 0 Å². The molecular formula is C16H33N. The van der Waals surface area contributed by atoms with Crippen LogP contribution in [0, 0.1) is 11.8 Å². The fourth-order valence-electron chi connectivity index (χ4n) is 1.96. The number of unbranched alkanes of at least 4 members (excludes halogenated alkanes) is 1. The van der Waals surface area contributed by atoms with Crippen LogP contribution in [0.1, 0.15) is 66.2 Å². The van der Waals surface area contributed by atoms with Gasteiger partial charge < -0.3 is 5.32 Å². The Balaban J connectivity index is 3.65. The maximum absolute atomic E-state index is 3.92. The van der Waals surface area contributed by atoms with Crippen molar-refractivity contribution < 1.29 is 0 Å². The number of hydrogen-bond acceptors (Lipinski definition) is 1. The van der Waals surface area contributed by atoms with Crippen LogP contribution < -0.4 is 5.32 Å². The van der Waals surface area contributed by atoms with Gasteiger partial charge in [0.15, 0.2) is 0 Å². The molecule has 0 aromatic carbocycles. The molecule has 0 radical (unpaired) electrons. The average Bonchev–Trinajstić information content (AvgIpc) is 2.36. The Morgan fingerprint density at radius 1 is 1.06 bits per heavy atom. The minimum absolute atomic E-state index is 0.515. The van der Waals surface area contributed by atoms with E-state index in [1.54, 1.807) is 0 Å². The van der Waals surface area contributed by atoms with Crippen molar-refractivity contribution in [2.24, 2.45) is 11.8 Å². The molecule has 0 aliphatic rings. The Kier molecular flexibility index (Phi) is 10.6. The van der Waals surface area contributed by atoms with E-state index in [0.717, 1.165) is 18.4 Å². The summed E-state index contributed by atoms with van der Waals surface area (Å²) in [5.41, 5.74) is 0. The number of nitrogens with one attached hydrogen (secondary N) is 1. The molecule has 17 heavy (non-hydrogen) atoms. The first-order valence-electron chi connectivity index (χ1n) is 7.49. The van der Waals surface area contributed by atoms with Crippen LogP contribution in [-0.2, 0) is 0 Å². The number of rotatable bonds is 11. The second-order valence-electron chi connectivity index (χ2n) is 5.59. The standard InChI is InChI=1S/C16H33N/c1-6-9-10-16(8-3)17-13-15(5)12-11-14(4)7-2/h8,14-17H,3,6-7,9-13H2,1-2,4-5H3/t14?,15?,16-/m0/s1. The van der Waals surface area contributed by atoms with Crippen molar-refractivity contribution in [1.29, 1.82) is 0 Å². The quantitative estimate of drug-likeness (QED) is 0.511. The van der Waals surface area contributed by atoms with Gasteiger partial charge in [-0.3, -0.25) is 0 Å². The SMILES string of the molecule is C=C[C@@H](CCCC)NCC(C)CCC(C)CC. The lowest BCUT2D eigenvalue weighted by Gasteiger charge is -2.19. The van der Waals surface area contributed by atoms with Crippen molar-refractivity contribution >= 4 is 0 Å². The fourth-order valence-corrected chi connectivity index (χ4v) is 1.96. The molecule has 0 spiro atoms. The summed E-state index contributed by atoms with van der Waals surface area (Å²) < 4.78 is 0. The Bertz CT molecular complexity index is 176. The zero-order valence-electron chi connectivity index (χ0n) is 12.5. The molecule has 0 aromatic heterocycles. The fraction of sp³-hybridized carbons (Fsp3) is 0.875. The first-order valence-corrected chi connectivity index (χ1v) is 7.49. The lowest BCUT2D eigenvalue weighted by molar-refractivity contribution is 0.391. The lowest BCUT2D eigenvalue weighted by Crippen LogP contribution is -2.31. The van der Waals surface area contributed by atoms with Crippen LogP contribution in [0.2, 0.25) is 0 Å². The van der Waals surface area contributed by atoms with Gasteiger partial charge in [0, 0.05) is 6.04 Å². The predicted octanol–water partition coefficient (Wildman–Crippen LogP) is 4.78. The van der Waals surface area contributed by atoms with Crippen LogP contribution in [0.15, 0.2) is 12.7 Å². The van der Waals surface area contributed by atoms with Crippen molar-refractivity contribution in [2.45, 2.75) is 72.3 Å². The maximum atomic E-state index is 3.92. The van der Waals surface area contributed by atoms with E-state index in [2.05, 4.69) is 45.7 Å². The molecule has 0 aliphatic carbocycles. The first-order chi connectivity index (χ1) is 8.13. The van der Waals surface area contributed by atoms with Gasteiger partial charge in [0.05, 0.1) is 0 Å². The molecule has 1 N–H and O–H groups in total. The zero-order chi connectivity index (χ0) is 13.1. The molecule has 0 aromatic rings. The third-order valence-electron chi connectivity index (χ3n) is 3.73. The maximum Gasteiger partial charge on any atom is 0.0247 e. The molecule has 0 saturated carbocycles. The van der Waals surface area contributed by atoms with Crippen LogP contribution in [0.25, 0.3) is 0 Å². The Morgan fingerprint density at radius 3 is 2.24 bits per heavy atom. The van der Waals surface area contributed by atoms with Crippen LogP contribution >= 0.6 is 0 Å². The van der Waals surface area contributed by atoms with Crippen molar-refractivity contribution in [3.05, 3.63) is 12.7 Å². The summed E-state index contributed by atoms with van der Waals surface area (Å²) in [6.07, 6.45) is 9.90. The Hall–Kier alpha value is -0.300. The van der Waals surface area contributed by atoms with Crippen molar-refractivity contribution in [3.8, 4) is 0 Å². The summed E-state index contributed by atoms with van der Waals surface area (Å²) in [5, 5.41) is 3.63. The van der Waals surface area contributed by atoms with Gasteiger partial charge in [-0.2, -0.15) is 0 Å². The zero-order valence-corrected chi connectivity index (χ0v) is 12.5. The van der Waals surface area contributed by atoms with Gasteiger partial charge in [0.2, 0.25) is 0 Å². The molecule has 102 valence electrons. The second kappa shape index (κ2) is 10.8. The molecule has 1 nitrogen and oxygen atoms in total. The van der Waals surface area contributed by atoms with Gasteiger partial charge in [-0.15, -0.1) is 6.58 Å². The molecule has 0 heterocycles. The largest absolute Gasteiger partial charge is 0.310 e. The molecule has 3 atom stereocenters. The molecule has 0 rings (SSSR count). The van der Waals surface area contributed by atoms with Crippen LogP contribution in [0.5, 0.6) is 0 Å². The van der Waals surface area contributed by atoms with E-state index in [1.807, 2.05) is 0 Å². The lowest BCUT2D eigenvalue weighted by atomic mass is 9.96. The number of hydrogen-bond donors (Lipinski definition) is 1. The van der Waals surface area contributed by atoms with Gasteiger partial charge >= 0.3 is 0 Å². The first kappa shape index (κ1) is 16.7.